The summed E-state index contributed by atoms with van der Waals surface area (Å²) in [6.07, 6.45) is -0.370. The van der Waals surface area contributed by atoms with E-state index in [0.29, 0.717) is 5.39 Å². The largest absolute Gasteiger partial charge is 0.416 e. The van der Waals surface area contributed by atoms with E-state index in [1.165, 1.54) is 12.1 Å². The molecule has 1 heterocycles. The van der Waals surface area contributed by atoms with Crippen LogP contribution in [0.2, 0.25) is 0 Å². The highest BCUT2D eigenvalue weighted by Crippen LogP contribution is 2.31. The Labute approximate surface area is 142 Å². The number of carbonyl (C=O) groups excluding carboxylic acids is 2. The van der Waals surface area contributed by atoms with Crippen molar-refractivity contribution in [3.8, 4) is 0 Å². The molecule has 3 N–H and O–H groups in total. The van der Waals surface area contributed by atoms with E-state index >= 15 is 0 Å². The zero-order valence-corrected chi connectivity index (χ0v) is 13.4. The average Bonchev–Trinajstić information content (AvgIpc) is 3.19. The number of H-pyrrole nitrogens is 1. The first-order chi connectivity index (χ1) is 11.8. The number of aromatic nitrogens is 1. The van der Waals surface area contributed by atoms with Crippen LogP contribution in [0.5, 0.6) is 0 Å². The topological polar surface area (TPSA) is 74.0 Å². The van der Waals surface area contributed by atoms with Crippen LogP contribution in [0, 0.1) is 0 Å². The number of rotatable bonds is 4. The Hall–Kier alpha value is -2.51. The van der Waals surface area contributed by atoms with E-state index < -0.39 is 17.6 Å². The molecule has 134 valence electrons. The van der Waals surface area contributed by atoms with E-state index in [-0.39, 0.29) is 29.7 Å². The Balaban J connectivity index is 1.62. The molecule has 2 aromatic rings. The average molecular weight is 353 g/mol. The minimum absolute atomic E-state index is 0.114. The van der Waals surface area contributed by atoms with Crippen LogP contribution in [0.25, 0.3) is 10.9 Å². The summed E-state index contributed by atoms with van der Waals surface area (Å²) in [4.78, 5) is 26.6. The number of fused-ring (bicyclic) bond motifs is 1. The van der Waals surface area contributed by atoms with Crippen molar-refractivity contribution in [1.29, 1.82) is 0 Å². The van der Waals surface area contributed by atoms with Crippen LogP contribution in [0.15, 0.2) is 24.3 Å². The second-order valence-electron chi connectivity index (χ2n) is 6.21. The van der Waals surface area contributed by atoms with Crippen LogP contribution in [0.3, 0.4) is 0 Å². The van der Waals surface area contributed by atoms with Crippen LogP contribution >= 0.6 is 0 Å². The molecule has 1 saturated carbocycles. The van der Waals surface area contributed by atoms with E-state index in [4.69, 9.17) is 0 Å². The third-order valence-corrected chi connectivity index (χ3v) is 4.32. The number of amides is 2. The fourth-order valence-corrected chi connectivity index (χ4v) is 3.03. The summed E-state index contributed by atoms with van der Waals surface area (Å²) >= 11 is 0. The van der Waals surface area contributed by atoms with Crippen molar-refractivity contribution < 1.29 is 22.8 Å². The number of carbonyl (C=O) groups is 2. The molecule has 5 nitrogen and oxygen atoms in total. The summed E-state index contributed by atoms with van der Waals surface area (Å²) < 4.78 is 38.2. The van der Waals surface area contributed by atoms with Gasteiger partial charge in [-0.05, 0) is 31.0 Å². The quantitative estimate of drug-likeness (QED) is 0.791. The fourth-order valence-electron chi connectivity index (χ4n) is 3.03. The lowest BCUT2D eigenvalue weighted by molar-refractivity contribution is -0.137. The normalized spacial score (nSPS) is 15.5. The maximum Gasteiger partial charge on any atom is 0.416 e. The van der Waals surface area contributed by atoms with Gasteiger partial charge >= 0.3 is 6.18 Å². The van der Waals surface area contributed by atoms with Crippen LogP contribution in [0.4, 0.5) is 13.2 Å². The molecule has 2 amide bonds. The Morgan fingerprint density at radius 1 is 1.16 bits per heavy atom. The van der Waals surface area contributed by atoms with E-state index in [1.807, 2.05) is 0 Å². The summed E-state index contributed by atoms with van der Waals surface area (Å²) in [6, 6.07) is 4.85. The Kier molecular flexibility index (Phi) is 4.69. The van der Waals surface area contributed by atoms with Gasteiger partial charge in [0.05, 0.1) is 12.1 Å². The molecule has 1 aliphatic carbocycles. The summed E-state index contributed by atoms with van der Waals surface area (Å²) in [6.45, 7) is -0.168. The number of nitrogens with one attached hydrogen (secondary N) is 3. The van der Waals surface area contributed by atoms with Crippen molar-refractivity contribution in [2.45, 2.75) is 37.9 Å². The first kappa shape index (κ1) is 17.3. The second kappa shape index (κ2) is 6.78. The highest BCUT2D eigenvalue weighted by Gasteiger charge is 2.30. The van der Waals surface area contributed by atoms with Crippen LogP contribution < -0.4 is 10.6 Å². The van der Waals surface area contributed by atoms with Crippen molar-refractivity contribution >= 4 is 22.7 Å². The Bertz CT molecular complexity index is 792. The maximum atomic E-state index is 12.7. The zero-order valence-electron chi connectivity index (χ0n) is 13.4. The highest BCUT2D eigenvalue weighted by atomic mass is 19.4. The molecule has 3 rings (SSSR count). The second-order valence-corrected chi connectivity index (χ2v) is 6.21. The lowest BCUT2D eigenvalue weighted by Crippen LogP contribution is -2.41. The Morgan fingerprint density at radius 3 is 2.56 bits per heavy atom. The van der Waals surface area contributed by atoms with Gasteiger partial charge in [0.25, 0.3) is 5.91 Å². The van der Waals surface area contributed by atoms with Gasteiger partial charge in [0.15, 0.2) is 0 Å². The molecule has 1 aliphatic rings. The molecule has 0 unspecified atom stereocenters. The van der Waals surface area contributed by atoms with Crippen molar-refractivity contribution in [1.82, 2.24) is 15.6 Å². The molecule has 0 spiro atoms. The van der Waals surface area contributed by atoms with Gasteiger partial charge in [-0.3, -0.25) is 9.59 Å². The number of benzene rings is 1. The van der Waals surface area contributed by atoms with Crippen molar-refractivity contribution in [2.24, 2.45) is 0 Å². The van der Waals surface area contributed by atoms with Crippen molar-refractivity contribution in [3.63, 3.8) is 0 Å². The number of alkyl halides is 3. The molecule has 1 aromatic carbocycles. The molecule has 0 aliphatic heterocycles. The van der Waals surface area contributed by atoms with Crippen molar-refractivity contribution in [3.05, 3.63) is 35.5 Å². The summed E-state index contributed by atoms with van der Waals surface area (Å²) in [5.74, 6) is -0.804. The zero-order chi connectivity index (χ0) is 18.0. The lowest BCUT2D eigenvalue weighted by Gasteiger charge is -2.11. The van der Waals surface area contributed by atoms with E-state index in [9.17, 15) is 22.8 Å². The summed E-state index contributed by atoms with van der Waals surface area (Å²) in [5.41, 5.74) is -0.455. The third kappa shape index (κ3) is 4.12. The minimum atomic E-state index is -4.44. The van der Waals surface area contributed by atoms with E-state index in [1.54, 1.807) is 0 Å². The van der Waals surface area contributed by atoms with E-state index in [0.717, 1.165) is 37.8 Å². The minimum Gasteiger partial charge on any atom is -0.352 e. The summed E-state index contributed by atoms with van der Waals surface area (Å²) in [5, 5.41) is 5.82. The molecule has 1 fully saturated rings. The third-order valence-electron chi connectivity index (χ3n) is 4.32. The first-order valence-corrected chi connectivity index (χ1v) is 8.10. The Morgan fingerprint density at radius 2 is 1.88 bits per heavy atom. The molecule has 0 bridgehead atoms. The first-order valence-electron chi connectivity index (χ1n) is 8.10. The van der Waals surface area contributed by atoms with Gasteiger partial charge in [0.1, 0.15) is 5.69 Å². The molecule has 1 aromatic heterocycles. The molecule has 0 radical (unpaired) electrons. The molecule has 0 atom stereocenters. The monoisotopic (exact) mass is 353 g/mol. The van der Waals surface area contributed by atoms with Gasteiger partial charge in [0, 0.05) is 16.9 Å². The number of aromatic amines is 1. The van der Waals surface area contributed by atoms with Gasteiger partial charge in [-0.15, -0.1) is 0 Å². The molecule has 25 heavy (non-hydrogen) atoms. The van der Waals surface area contributed by atoms with Gasteiger partial charge in [-0.25, -0.2) is 0 Å². The van der Waals surface area contributed by atoms with Crippen LogP contribution in [-0.4, -0.2) is 29.4 Å². The molecule has 0 saturated heterocycles. The van der Waals surface area contributed by atoms with Crippen LogP contribution in [0.1, 0.15) is 41.7 Å². The van der Waals surface area contributed by atoms with Gasteiger partial charge in [-0.1, -0.05) is 18.9 Å². The van der Waals surface area contributed by atoms with Crippen molar-refractivity contribution in [2.75, 3.05) is 6.54 Å². The fraction of sp³-hybridized carbons (Fsp3) is 0.412. The lowest BCUT2D eigenvalue weighted by atomic mass is 10.1. The molecule has 8 heteroatoms. The van der Waals surface area contributed by atoms with Crippen LogP contribution in [-0.2, 0) is 11.0 Å². The number of halogens is 3. The van der Waals surface area contributed by atoms with Gasteiger partial charge < -0.3 is 15.6 Å². The SMILES string of the molecule is O=C(CNC(=O)c1cc2ccc(C(F)(F)F)cc2[nH]1)NC1CCCC1. The predicted molar refractivity (Wildman–Crippen MR) is 86.0 cm³/mol. The smallest absolute Gasteiger partial charge is 0.352 e. The highest BCUT2D eigenvalue weighted by molar-refractivity contribution is 5.99. The van der Waals surface area contributed by atoms with Gasteiger partial charge in [-0.2, -0.15) is 13.2 Å². The molecular weight excluding hydrogens is 335 g/mol. The maximum absolute atomic E-state index is 12.7. The van der Waals surface area contributed by atoms with Gasteiger partial charge in [0.2, 0.25) is 5.91 Å². The number of hydrogen-bond acceptors (Lipinski definition) is 2. The summed E-state index contributed by atoms with van der Waals surface area (Å²) in [7, 11) is 0. The molecular formula is C17H18F3N3O2. The van der Waals surface area contributed by atoms with E-state index in [2.05, 4.69) is 15.6 Å². The standard InChI is InChI=1S/C17H18F3N3O2/c18-17(19,20)11-6-5-10-7-14(23-13(10)8-11)16(25)21-9-15(24)22-12-3-1-2-4-12/h5-8,12,23H,1-4,9H2,(H,21,25)(H,22,24). The predicted octanol–water partition coefficient (Wildman–Crippen LogP) is 2.98. The number of hydrogen-bond donors (Lipinski definition) is 3.